The maximum atomic E-state index is 5.75. The molecule has 3 heteroatoms. The summed E-state index contributed by atoms with van der Waals surface area (Å²) in [6.07, 6.45) is 2.42. The van der Waals surface area contributed by atoms with Crippen molar-refractivity contribution in [1.82, 2.24) is 0 Å². The van der Waals surface area contributed by atoms with Gasteiger partial charge in [-0.2, -0.15) is 0 Å². The van der Waals surface area contributed by atoms with Crippen LogP contribution in [-0.4, -0.2) is 13.7 Å². The van der Waals surface area contributed by atoms with Gasteiger partial charge in [0.1, 0.15) is 5.76 Å². The molecular formula is C8H13NO2. The Hall–Kier alpha value is -0.800. The van der Waals surface area contributed by atoms with Crippen molar-refractivity contribution in [3.63, 3.8) is 0 Å². The van der Waals surface area contributed by atoms with Crippen molar-refractivity contribution >= 4 is 0 Å². The number of nitrogens with two attached hydrogens (primary N) is 1. The van der Waals surface area contributed by atoms with Crippen LogP contribution in [0.5, 0.6) is 0 Å². The summed E-state index contributed by atoms with van der Waals surface area (Å²) < 4.78 is 10.0. The molecule has 0 aromatic carbocycles. The van der Waals surface area contributed by atoms with Gasteiger partial charge in [-0.1, -0.05) is 0 Å². The van der Waals surface area contributed by atoms with Gasteiger partial charge in [0.15, 0.2) is 0 Å². The van der Waals surface area contributed by atoms with Crippen molar-refractivity contribution in [3.8, 4) is 0 Å². The minimum Gasteiger partial charge on any atom is -0.468 e. The van der Waals surface area contributed by atoms with Crippen molar-refractivity contribution in [1.29, 1.82) is 0 Å². The van der Waals surface area contributed by atoms with E-state index in [9.17, 15) is 0 Å². The lowest BCUT2D eigenvalue weighted by atomic mass is 10.2. The van der Waals surface area contributed by atoms with E-state index in [2.05, 4.69) is 0 Å². The summed E-state index contributed by atoms with van der Waals surface area (Å²) in [7, 11) is 1.66. The summed E-state index contributed by atoms with van der Waals surface area (Å²) in [5.74, 6) is 0.821. The van der Waals surface area contributed by atoms with Crippen LogP contribution in [0.2, 0.25) is 0 Å². The molecule has 0 radical (unpaired) electrons. The zero-order chi connectivity index (χ0) is 8.10. The molecule has 0 fully saturated rings. The molecule has 0 saturated heterocycles. The van der Waals surface area contributed by atoms with Crippen molar-refractivity contribution < 1.29 is 9.15 Å². The fourth-order valence-corrected chi connectivity index (χ4v) is 0.889. The molecule has 62 valence electrons. The van der Waals surface area contributed by atoms with E-state index in [0.717, 1.165) is 12.2 Å². The second-order valence-electron chi connectivity index (χ2n) is 2.40. The predicted octanol–water partition coefficient (Wildman–Crippen LogP) is 1.32. The average Bonchev–Trinajstić information content (AvgIpc) is 2.52. The summed E-state index contributed by atoms with van der Waals surface area (Å²) in [6.45, 7) is 0.669. The third kappa shape index (κ3) is 2.37. The maximum absolute atomic E-state index is 5.75. The van der Waals surface area contributed by atoms with Gasteiger partial charge in [0, 0.05) is 13.7 Å². The highest BCUT2D eigenvalue weighted by Crippen LogP contribution is 2.13. The second-order valence-corrected chi connectivity index (χ2v) is 2.40. The molecule has 0 spiro atoms. The molecular weight excluding hydrogens is 142 g/mol. The number of rotatable bonds is 4. The van der Waals surface area contributed by atoms with E-state index >= 15 is 0 Å². The quantitative estimate of drug-likeness (QED) is 0.713. The average molecular weight is 155 g/mol. The highest BCUT2D eigenvalue weighted by molar-refractivity contribution is 5.02. The Morgan fingerprint density at radius 3 is 3.09 bits per heavy atom. The number of methoxy groups -OCH3 is 1. The fourth-order valence-electron chi connectivity index (χ4n) is 0.889. The molecule has 1 heterocycles. The van der Waals surface area contributed by atoms with Crippen LogP contribution in [0.15, 0.2) is 22.8 Å². The first-order chi connectivity index (χ1) is 5.34. The molecule has 0 aliphatic carbocycles. The van der Waals surface area contributed by atoms with E-state index in [1.165, 1.54) is 0 Å². The van der Waals surface area contributed by atoms with Crippen LogP contribution in [0.25, 0.3) is 0 Å². The van der Waals surface area contributed by atoms with Gasteiger partial charge in [-0.05, 0) is 18.6 Å². The second kappa shape index (κ2) is 4.16. The molecule has 1 atom stereocenters. The minimum atomic E-state index is -0.0371. The van der Waals surface area contributed by atoms with Crippen LogP contribution in [0.1, 0.15) is 18.2 Å². The standard InChI is InChI=1S/C8H13NO2/c1-10-6-4-7(9)8-3-2-5-11-8/h2-3,5,7H,4,6,9H2,1H3/t7-/m0/s1. The van der Waals surface area contributed by atoms with Crippen LogP contribution >= 0.6 is 0 Å². The van der Waals surface area contributed by atoms with Crippen molar-refractivity contribution in [2.24, 2.45) is 5.73 Å². The number of furan rings is 1. The Balaban J connectivity index is 2.36. The Morgan fingerprint density at radius 1 is 1.73 bits per heavy atom. The number of hydrogen-bond donors (Lipinski definition) is 1. The van der Waals surface area contributed by atoms with Crippen LogP contribution in [0.3, 0.4) is 0 Å². The Labute approximate surface area is 66.1 Å². The maximum Gasteiger partial charge on any atom is 0.120 e. The van der Waals surface area contributed by atoms with Crippen LogP contribution in [0.4, 0.5) is 0 Å². The van der Waals surface area contributed by atoms with Gasteiger partial charge in [-0.25, -0.2) is 0 Å². The van der Waals surface area contributed by atoms with Gasteiger partial charge in [0.25, 0.3) is 0 Å². The lowest BCUT2D eigenvalue weighted by Crippen LogP contribution is -2.11. The first-order valence-electron chi connectivity index (χ1n) is 3.62. The Morgan fingerprint density at radius 2 is 2.55 bits per heavy atom. The van der Waals surface area contributed by atoms with Crippen molar-refractivity contribution in [2.45, 2.75) is 12.5 Å². The zero-order valence-electron chi connectivity index (χ0n) is 6.62. The summed E-state index contributed by atoms with van der Waals surface area (Å²) >= 11 is 0. The zero-order valence-corrected chi connectivity index (χ0v) is 6.62. The molecule has 0 unspecified atom stereocenters. The Kier molecular flexibility index (Phi) is 3.14. The van der Waals surface area contributed by atoms with Gasteiger partial charge in [-0.3, -0.25) is 0 Å². The molecule has 3 nitrogen and oxygen atoms in total. The number of hydrogen-bond acceptors (Lipinski definition) is 3. The summed E-state index contributed by atoms with van der Waals surface area (Å²) in [5.41, 5.74) is 5.75. The van der Waals surface area contributed by atoms with Crippen LogP contribution in [0, 0.1) is 0 Å². The molecule has 0 bridgehead atoms. The summed E-state index contributed by atoms with van der Waals surface area (Å²) in [4.78, 5) is 0. The van der Waals surface area contributed by atoms with E-state index in [4.69, 9.17) is 14.9 Å². The lowest BCUT2D eigenvalue weighted by Gasteiger charge is -2.06. The highest BCUT2D eigenvalue weighted by atomic mass is 16.5. The molecule has 1 aromatic rings. The predicted molar refractivity (Wildman–Crippen MR) is 42.1 cm³/mol. The number of ether oxygens (including phenoxy) is 1. The van der Waals surface area contributed by atoms with E-state index in [0.29, 0.717) is 6.61 Å². The van der Waals surface area contributed by atoms with E-state index < -0.39 is 0 Å². The molecule has 0 amide bonds. The third-order valence-electron chi connectivity index (χ3n) is 1.54. The van der Waals surface area contributed by atoms with Crippen LogP contribution in [-0.2, 0) is 4.74 Å². The molecule has 0 aliphatic rings. The van der Waals surface area contributed by atoms with Gasteiger partial charge >= 0.3 is 0 Å². The first-order valence-corrected chi connectivity index (χ1v) is 3.62. The molecule has 2 N–H and O–H groups in total. The fraction of sp³-hybridized carbons (Fsp3) is 0.500. The van der Waals surface area contributed by atoms with Gasteiger partial charge < -0.3 is 14.9 Å². The van der Waals surface area contributed by atoms with Gasteiger partial charge in [0.2, 0.25) is 0 Å². The smallest absolute Gasteiger partial charge is 0.120 e. The third-order valence-corrected chi connectivity index (χ3v) is 1.54. The van der Waals surface area contributed by atoms with Gasteiger partial charge in [0.05, 0.1) is 12.3 Å². The Bertz CT molecular complexity index is 184. The topological polar surface area (TPSA) is 48.4 Å². The van der Waals surface area contributed by atoms with E-state index in [-0.39, 0.29) is 6.04 Å². The molecule has 11 heavy (non-hydrogen) atoms. The lowest BCUT2D eigenvalue weighted by molar-refractivity contribution is 0.185. The normalized spacial score (nSPS) is 13.3. The SMILES string of the molecule is COCC[C@H](N)c1ccco1. The van der Waals surface area contributed by atoms with E-state index in [1.807, 2.05) is 12.1 Å². The van der Waals surface area contributed by atoms with Crippen molar-refractivity contribution in [3.05, 3.63) is 24.2 Å². The van der Waals surface area contributed by atoms with Gasteiger partial charge in [-0.15, -0.1) is 0 Å². The summed E-state index contributed by atoms with van der Waals surface area (Å²) in [5, 5.41) is 0. The molecule has 0 aliphatic heterocycles. The molecule has 0 saturated carbocycles. The summed E-state index contributed by atoms with van der Waals surface area (Å²) in [6, 6.07) is 3.67. The first kappa shape index (κ1) is 8.30. The highest BCUT2D eigenvalue weighted by Gasteiger charge is 2.06. The molecule has 1 aromatic heterocycles. The van der Waals surface area contributed by atoms with Crippen molar-refractivity contribution in [2.75, 3.05) is 13.7 Å². The van der Waals surface area contributed by atoms with Crippen LogP contribution < -0.4 is 5.73 Å². The minimum absolute atomic E-state index is 0.0371. The largest absolute Gasteiger partial charge is 0.468 e. The van der Waals surface area contributed by atoms with E-state index in [1.54, 1.807) is 13.4 Å². The molecule has 1 rings (SSSR count). The monoisotopic (exact) mass is 155 g/mol.